The molecule has 86 valence electrons. The van der Waals surface area contributed by atoms with Crippen LogP contribution in [0.2, 0.25) is 0 Å². The normalized spacial score (nSPS) is 32.7. The number of nitrogens with zero attached hydrogens (tertiary/aromatic N) is 1. The first kappa shape index (κ1) is 10.9. The molecule has 2 heterocycles. The van der Waals surface area contributed by atoms with E-state index in [0.29, 0.717) is 6.54 Å². The van der Waals surface area contributed by atoms with Gasteiger partial charge in [0.05, 0.1) is 12.1 Å². The lowest BCUT2D eigenvalue weighted by Gasteiger charge is -2.34. The van der Waals surface area contributed by atoms with Crippen LogP contribution in [0.15, 0.2) is 0 Å². The third kappa shape index (κ3) is 2.69. The first-order valence-electron chi connectivity index (χ1n) is 5.97. The number of hydrogen-bond donors (Lipinski definition) is 2. The van der Waals surface area contributed by atoms with Crippen LogP contribution < -0.4 is 5.32 Å². The highest BCUT2D eigenvalue weighted by Crippen LogP contribution is 2.14. The van der Waals surface area contributed by atoms with Gasteiger partial charge >= 0.3 is 0 Å². The molecule has 2 saturated heterocycles. The zero-order valence-corrected chi connectivity index (χ0v) is 9.11. The molecule has 4 nitrogen and oxygen atoms in total. The van der Waals surface area contributed by atoms with E-state index in [1.165, 1.54) is 6.42 Å². The van der Waals surface area contributed by atoms with Crippen LogP contribution in [0.25, 0.3) is 0 Å². The van der Waals surface area contributed by atoms with Crippen molar-refractivity contribution in [2.24, 2.45) is 0 Å². The fraction of sp³-hybridized carbons (Fsp3) is 0.909. The van der Waals surface area contributed by atoms with Gasteiger partial charge in [-0.25, -0.2) is 0 Å². The Bertz CT molecular complexity index is 227. The number of aliphatic hydroxyl groups excluding tert-OH is 1. The molecule has 4 heteroatoms. The van der Waals surface area contributed by atoms with E-state index < -0.39 is 0 Å². The second-order valence-electron chi connectivity index (χ2n) is 4.58. The summed E-state index contributed by atoms with van der Waals surface area (Å²) >= 11 is 0. The third-order valence-corrected chi connectivity index (χ3v) is 3.32. The van der Waals surface area contributed by atoms with Crippen LogP contribution in [0, 0.1) is 0 Å². The third-order valence-electron chi connectivity index (χ3n) is 3.32. The Hall–Kier alpha value is -0.610. The molecule has 0 aromatic rings. The molecule has 0 aromatic carbocycles. The van der Waals surface area contributed by atoms with Gasteiger partial charge in [-0.1, -0.05) is 6.42 Å². The SMILES string of the molecule is O=C([C@@H]1CCCCN1)N1CCC[C@H](O)C1. The Balaban J connectivity index is 1.88. The molecule has 0 radical (unpaired) electrons. The quantitative estimate of drug-likeness (QED) is 0.649. The van der Waals surface area contributed by atoms with Crippen LogP contribution in [0.5, 0.6) is 0 Å². The Morgan fingerprint density at radius 3 is 2.80 bits per heavy atom. The number of aliphatic hydroxyl groups is 1. The van der Waals surface area contributed by atoms with Gasteiger partial charge in [0.25, 0.3) is 0 Å². The average Bonchev–Trinajstić information content (AvgIpc) is 2.29. The molecule has 0 unspecified atom stereocenters. The summed E-state index contributed by atoms with van der Waals surface area (Å²) in [6.45, 7) is 2.29. The van der Waals surface area contributed by atoms with Crippen molar-refractivity contribution in [1.29, 1.82) is 0 Å². The van der Waals surface area contributed by atoms with Crippen molar-refractivity contribution in [2.75, 3.05) is 19.6 Å². The van der Waals surface area contributed by atoms with E-state index in [2.05, 4.69) is 5.32 Å². The number of likely N-dealkylation sites (tertiary alicyclic amines) is 1. The van der Waals surface area contributed by atoms with E-state index in [4.69, 9.17) is 0 Å². The molecule has 2 aliphatic rings. The average molecular weight is 212 g/mol. The minimum absolute atomic E-state index is 0.00375. The van der Waals surface area contributed by atoms with E-state index in [0.717, 1.165) is 38.8 Å². The van der Waals surface area contributed by atoms with Gasteiger partial charge < -0.3 is 15.3 Å². The zero-order valence-electron chi connectivity index (χ0n) is 9.11. The summed E-state index contributed by atoms with van der Waals surface area (Å²) in [7, 11) is 0. The minimum Gasteiger partial charge on any atom is -0.391 e. The minimum atomic E-state index is -0.314. The molecule has 15 heavy (non-hydrogen) atoms. The van der Waals surface area contributed by atoms with Crippen molar-refractivity contribution < 1.29 is 9.90 Å². The van der Waals surface area contributed by atoms with Crippen LogP contribution in [-0.2, 0) is 4.79 Å². The molecular weight excluding hydrogens is 192 g/mol. The van der Waals surface area contributed by atoms with Gasteiger partial charge in [0.1, 0.15) is 0 Å². The Labute approximate surface area is 90.6 Å². The summed E-state index contributed by atoms with van der Waals surface area (Å²) < 4.78 is 0. The molecule has 1 amide bonds. The maximum atomic E-state index is 12.1. The molecule has 2 atom stereocenters. The van der Waals surface area contributed by atoms with Crippen molar-refractivity contribution in [3.05, 3.63) is 0 Å². The largest absolute Gasteiger partial charge is 0.391 e. The summed E-state index contributed by atoms with van der Waals surface area (Å²) in [5.41, 5.74) is 0. The first-order chi connectivity index (χ1) is 7.27. The van der Waals surface area contributed by atoms with Gasteiger partial charge in [-0.3, -0.25) is 4.79 Å². The van der Waals surface area contributed by atoms with Crippen LogP contribution in [0.3, 0.4) is 0 Å². The lowest BCUT2D eigenvalue weighted by molar-refractivity contribution is -0.137. The molecule has 0 bridgehead atoms. The zero-order chi connectivity index (χ0) is 10.7. The number of amides is 1. The lowest BCUT2D eigenvalue weighted by atomic mass is 10.0. The van der Waals surface area contributed by atoms with Crippen molar-refractivity contribution in [2.45, 2.75) is 44.2 Å². The topological polar surface area (TPSA) is 52.6 Å². The second-order valence-corrected chi connectivity index (χ2v) is 4.58. The highest BCUT2D eigenvalue weighted by Gasteiger charge is 2.28. The molecule has 2 aliphatic heterocycles. The Morgan fingerprint density at radius 2 is 2.13 bits per heavy atom. The second kappa shape index (κ2) is 4.94. The molecular formula is C11H20N2O2. The van der Waals surface area contributed by atoms with Crippen LogP contribution in [0.4, 0.5) is 0 Å². The number of piperidine rings is 2. The van der Waals surface area contributed by atoms with Crippen LogP contribution in [-0.4, -0.2) is 47.7 Å². The standard InChI is InChI=1S/C11H20N2O2/c14-9-4-3-7-13(8-9)11(15)10-5-1-2-6-12-10/h9-10,12,14H,1-8H2/t9-,10-/m0/s1. The van der Waals surface area contributed by atoms with Gasteiger partial charge in [0, 0.05) is 13.1 Å². The predicted molar refractivity (Wildman–Crippen MR) is 57.5 cm³/mol. The number of hydrogen-bond acceptors (Lipinski definition) is 3. The fourth-order valence-corrected chi connectivity index (χ4v) is 2.44. The van der Waals surface area contributed by atoms with Crippen molar-refractivity contribution in [1.82, 2.24) is 10.2 Å². The Kier molecular flexibility index (Phi) is 3.59. The van der Waals surface area contributed by atoms with Gasteiger partial charge in [0.2, 0.25) is 5.91 Å². The maximum Gasteiger partial charge on any atom is 0.239 e. The van der Waals surface area contributed by atoms with E-state index in [1.54, 1.807) is 0 Å². The van der Waals surface area contributed by atoms with E-state index in [-0.39, 0.29) is 18.1 Å². The monoisotopic (exact) mass is 212 g/mol. The number of carbonyl (C=O) groups excluding carboxylic acids is 1. The van der Waals surface area contributed by atoms with Crippen LogP contribution in [0.1, 0.15) is 32.1 Å². The first-order valence-corrected chi connectivity index (χ1v) is 5.97. The molecule has 0 aliphatic carbocycles. The highest BCUT2D eigenvalue weighted by atomic mass is 16.3. The Morgan fingerprint density at radius 1 is 1.27 bits per heavy atom. The van der Waals surface area contributed by atoms with E-state index in [1.807, 2.05) is 4.90 Å². The molecule has 0 saturated carbocycles. The number of nitrogens with one attached hydrogen (secondary N) is 1. The molecule has 2 fully saturated rings. The van der Waals surface area contributed by atoms with Gasteiger partial charge in [-0.2, -0.15) is 0 Å². The fourth-order valence-electron chi connectivity index (χ4n) is 2.44. The van der Waals surface area contributed by atoms with Crippen molar-refractivity contribution >= 4 is 5.91 Å². The summed E-state index contributed by atoms with van der Waals surface area (Å²) in [5, 5.41) is 12.8. The van der Waals surface area contributed by atoms with Crippen LogP contribution >= 0.6 is 0 Å². The van der Waals surface area contributed by atoms with Crippen molar-refractivity contribution in [3.8, 4) is 0 Å². The lowest BCUT2D eigenvalue weighted by Crippen LogP contribution is -2.52. The van der Waals surface area contributed by atoms with Gasteiger partial charge in [0.15, 0.2) is 0 Å². The number of β-amino-alcohol motifs (C(OH)–C–C–N with tert-alkyl or cyclic N) is 1. The molecule has 0 aromatic heterocycles. The van der Waals surface area contributed by atoms with Crippen molar-refractivity contribution in [3.63, 3.8) is 0 Å². The smallest absolute Gasteiger partial charge is 0.239 e. The highest BCUT2D eigenvalue weighted by molar-refractivity contribution is 5.82. The molecule has 2 N–H and O–H groups in total. The predicted octanol–water partition coefficient (Wildman–Crippen LogP) is 0.112. The maximum absolute atomic E-state index is 12.1. The molecule has 2 rings (SSSR count). The number of rotatable bonds is 1. The molecule has 0 spiro atoms. The van der Waals surface area contributed by atoms with E-state index in [9.17, 15) is 9.90 Å². The summed E-state index contributed by atoms with van der Waals surface area (Å²) in [5.74, 6) is 0.188. The summed E-state index contributed by atoms with van der Waals surface area (Å²) in [6, 6.07) is 0.00375. The summed E-state index contributed by atoms with van der Waals surface area (Å²) in [4.78, 5) is 13.9. The number of carbonyl (C=O) groups is 1. The van der Waals surface area contributed by atoms with E-state index >= 15 is 0 Å². The van der Waals surface area contributed by atoms with Gasteiger partial charge in [-0.15, -0.1) is 0 Å². The van der Waals surface area contributed by atoms with Gasteiger partial charge in [-0.05, 0) is 32.2 Å². The summed E-state index contributed by atoms with van der Waals surface area (Å²) in [6.07, 6.45) is 4.71.